The van der Waals surface area contributed by atoms with E-state index in [2.05, 4.69) is 4.99 Å². The molecule has 0 N–H and O–H groups in total. The molecule has 35 heavy (non-hydrogen) atoms. The summed E-state index contributed by atoms with van der Waals surface area (Å²) in [6.07, 6.45) is 2.25. The molecule has 0 aliphatic carbocycles. The Morgan fingerprint density at radius 3 is 2.51 bits per heavy atom. The molecule has 0 unspecified atom stereocenters. The molecule has 0 amide bonds. The molecule has 0 spiro atoms. The van der Waals surface area contributed by atoms with E-state index in [-0.39, 0.29) is 18.1 Å². The van der Waals surface area contributed by atoms with Gasteiger partial charge in [0.25, 0.3) is 0 Å². The Hall–Kier alpha value is -4.66. The number of rotatable bonds is 7. The minimum atomic E-state index is -0.345. The zero-order valence-corrected chi connectivity index (χ0v) is 19.1. The molecule has 0 atom stereocenters. The average molecular weight is 468 g/mol. The molecule has 0 saturated heterocycles. The van der Waals surface area contributed by atoms with Crippen LogP contribution >= 0.6 is 0 Å². The fraction of sp³-hybridized carbons (Fsp3) is 0.115. The van der Waals surface area contributed by atoms with Crippen LogP contribution in [-0.4, -0.2) is 51.4 Å². The zero-order chi connectivity index (χ0) is 24.4. The van der Waals surface area contributed by atoms with Gasteiger partial charge in [-0.2, -0.15) is 5.10 Å². The molecule has 174 valence electrons. The van der Waals surface area contributed by atoms with Crippen molar-refractivity contribution in [3.05, 3.63) is 83.9 Å². The van der Waals surface area contributed by atoms with E-state index in [0.717, 1.165) is 5.56 Å². The van der Waals surface area contributed by atoms with E-state index in [0.29, 0.717) is 46.0 Å². The highest BCUT2D eigenvalue weighted by Crippen LogP contribution is 2.36. The van der Waals surface area contributed by atoms with Crippen LogP contribution < -0.4 is 0 Å². The molecule has 0 saturated carbocycles. The molecular formula is C26H21FN6O2. The molecule has 0 radical (unpaired) electrons. The van der Waals surface area contributed by atoms with E-state index < -0.39 is 0 Å². The zero-order valence-electron chi connectivity index (χ0n) is 19.1. The largest absolute Gasteiger partial charge is 0.452 e. The van der Waals surface area contributed by atoms with Crippen LogP contribution in [0.15, 0.2) is 76.1 Å². The number of hydrogen-bond donors (Lipinski definition) is 0. The Labute approximate surface area is 200 Å². The van der Waals surface area contributed by atoms with Crippen molar-refractivity contribution in [2.24, 2.45) is 4.99 Å². The van der Waals surface area contributed by atoms with Crippen LogP contribution in [0.3, 0.4) is 0 Å². The quantitative estimate of drug-likeness (QED) is 0.190. The molecule has 0 aliphatic rings. The lowest BCUT2D eigenvalue weighted by Gasteiger charge is -2.08. The monoisotopic (exact) mass is 468 g/mol. The van der Waals surface area contributed by atoms with Gasteiger partial charge in [0, 0.05) is 25.2 Å². The first kappa shape index (κ1) is 22.1. The second-order valence-corrected chi connectivity index (χ2v) is 8.06. The van der Waals surface area contributed by atoms with Gasteiger partial charge in [0.15, 0.2) is 35.1 Å². The number of carbonyl (C=O) groups is 1. The van der Waals surface area contributed by atoms with Gasteiger partial charge in [0.1, 0.15) is 11.5 Å². The second-order valence-electron chi connectivity index (χ2n) is 8.06. The van der Waals surface area contributed by atoms with Gasteiger partial charge in [-0.3, -0.25) is 4.79 Å². The SMILES string of the molecule is CN(C)C=Nc1nc(-c2ccccc2)nc2c1c(-c1ccc(C=O)o1)nn2Cc1ccccc1F. The number of fused-ring (bicyclic) bond motifs is 1. The van der Waals surface area contributed by atoms with Crippen molar-refractivity contribution in [2.45, 2.75) is 6.54 Å². The fourth-order valence-corrected chi connectivity index (χ4v) is 3.65. The van der Waals surface area contributed by atoms with Crippen LogP contribution in [0, 0.1) is 5.82 Å². The lowest BCUT2D eigenvalue weighted by molar-refractivity contribution is 0.110. The molecule has 8 nitrogen and oxygen atoms in total. The number of aldehydes is 1. The van der Waals surface area contributed by atoms with E-state index in [1.54, 1.807) is 46.3 Å². The second kappa shape index (κ2) is 9.30. The van der Waals surface area contributed by atoms with Gasteiger partial charge in [0.05, 0.1) is 18.3 Å². The van der Waals surface area contributed by atoms with Gasteiger partial charge in [-0.15, -0.1) is 0 Å². The van der Waals surface area contributed by atoms with Gasteiger partial charge in [-0.05, 0) is 18.2 Å². The molecule has 0 bridgehead atoms. The fourth-order valence-electron chi connectivity index (χ4n) is 3.65. The highest BCUT2D eigenvalue weighted by Gasteiger charge is 2.23. The number of benzene rings is 2. The molecular weight excluding hydrogens is 447 g/mol. The summed E-state index contributed by atoms with van der Waals surface area (Å²) in [7, 11) is 3.71. The maximum atomic E-state index is 14.5. The van der Waals surface area contributed by atoms with Crippen molar-refractivity contribution < 1.29 is 13.6 Å². The Balaban J connectivity index is 1.80. The third-order valence-corrected chi connectivity index (χ3v) is 5.27. The van der Waals surface area contributed by atoms with Crippen molar-refractivity contribution in [3.8, 4) is 22.8 Å². The summed E-state index contributed by atoms with van der Waals surface area (Å²) in [5, 5.41) is 5.25. The minimum Gasteiger partial charge on any atom is -0.452 e. The van der Waals surface area contributed by atoms with Gasteiger partial charge in [-0.1, -0.05) is 48.5 Å². The first-order valence-corrected chi connectivity index (χ1v) is 10.9. The van der Waals surface area contributed by atoms with Crippen molar-refractivity contribution in [1.82, 2.24) is 24.6 Å². The summed E-state index contributed by atoms with van der Waals surface area (Å²) < 4.78 is 21.8. The van der Waals surface area contributed by atoms with E-state index in [1.807, 2.05) is 44.4 Å². The molecule has 5 rings (SSSR count). The van der Waals surface area contributed by atoms with Gasteiger partial charge < -0.3 is 9.32 Å². The van der Waals surface area contributed by atoms with Crippen LogP contribution in [0.5, 0.6) is 0 Å². The van der Waals surface area contributed by atoms with Crippen LogP contribution in [-0.2, 0) is 6.54 Å². The van der Waals surface area contributed by atoms with Crippen molar-refractivity contribution >= 4 is 29.5 Å². The molecule has 2 aromatic carbocycles. The first-order valence-electron chi connectivity index (χ1n) is 10.9. The van der Waals surface area contributed by atoms with Crippen molar-refractivity contribution in [2.75, 3.05) is 14.1 Å². The van der Waals surface area contributed by atoms with Crippen LogP contribution in [0.25, 0.3) is 33.9 Å². The van der Waals surface area contributed by atoms with E-state index in [9.17, 15) is 9.18 Å². The summed E-state index contributed by atoms with van der Waals surface area (Å²) in [6, 6.07) is 19.3. The highest BCUT2D eigenvalue weighted by atomic mass is 19.1. The van der Waals surface area contributed by atoms with Gasteiger partial charge in [-0.25, -0.2) is 24.0 Å². The van der Waals surface area contributed by atoms with E-state index in [4.69, 9.17) is 19.5 Å². The number of hydrogen-bond acceptors (Lipinski definition) is 6. The predicted octanol–water partition coefficient (Wildman–Crippen LogP) is 4.97. The molecule has 0 aliphatic heterocycles. The summed E-state index contributed by atoms with van der Waals surface area (Å²) in [5.74, 6) is 1.01. The first-order chi connectivity index (χ1) is 17.0. The van der Waals surface area contributed by atoms with E-state index >= 15 is 0 Å². The average Bonchev–Trinajstić information content (AvgIpc) is 3.49. The topological polar surface area (TPSA) is 89.4 Å². The van der Waals surface area contributed by atoms with Crippen LogP contribution in [0.1, 0.15) is 16.1 Å². The number of halogens is 1. The summed E-state index contributed by atoms with van der Waals surface area (Å²) in [4.78, 5) is 27.1. The lowest BCUT2D eigenvalue weighted by atomic mass is 10.2. The molecule has 5 aromatic rings. The Morgan fingerprint density at radius 2 is 1.80 bits per heavy atom. The van der Waals surface area contributed by atoms with Crippen LogP contribution in [0.2, 0.25) is 0 Å². The van der Waals surface area contributed by atoms with Crippen LogP contribution in [0.4, 0.5) is 10.2 Å². The number of aromatic nitrogens is 4. The Kier molecular flexibility index (Phi) is 5.88. The standard InChI is InChI=1S/C26H21FN6O2/c1-32(2)16-28-25-22-23(21-13-12-19(15-34)35-21)31-33(14-18-10-6-7-11-20(18)27)26(22)30-24(29-25)17-8-4-3-5-9-17/h3-13,15-16H,14H2,1-2H3. The lowest BCUT2D eigenvalue weighted by Crippen LogP contribution is -2.07. The highest BCUT2D eigenvalue weighted by molar-refractivity contribution is 5.99. The molecule has 3 aromatic heterocycles. The normalized spacial score (nSPS) is 11.4. The third-order valence-electron chi connectivity index (χ3n) is 5.27. The van der Waals surface area contributed by atoms with Crippen molar-refractivity contribution in [3.63, 3.8) is 0 Å². The molecule has 9 heteroatoms. The molecule has 0 fully saturated rings. The molecule has 3 heterocycles. The predicted molar refractivity (Wildman–Crippen MR) is 131 cm³/mol. The summed E-state index contributed by atoms with van der Waals surface area (Å²) >= 11 is 0. The van der Waals surface area contributed by atoms with Crippen molar-refractivity contribution in [1.29, 1.82) is 0 Å². The number of furan rings is 1. The van der Waals surface area contributed by atoms with Gasteiger partial charge >= 0.3 is 0 Å². The minimum absolute atomic E-state index is 0.131. The summed E-state index contributed by atoms with van der Waals surface area (Å²) in [5.41, 5.74) is 2.13. The van der Waals surface area contributed by atoms with Gasteiger partial charge in [0.2, 0.25) is 0 Å². The van der Waals surface area contributed by atoms with E-state index in [1.165, 1.54) is 6.07 Å². The maximum absolute atomic E-state index is 14.5. The third kappa shape index (κ3) is 4.43. The number of aliphatic imine (C=N–C) groups is 1. The maximum Gasteiger partial charge on any atom is 0.185 e. The number of carbonyl (C=O) groups excluding carboxylic acids is 1. The summed E-state index contributed by atoms with van der Waals surface area (Å²) in [6.45, 7) is 0.131. The smallest absolute Gasteiger partial charge is 0.185 e. The Morgan fingerprint density at radius 1 is 1.03 bits per heavy atom. The number of nitrogens with zero attached hydrogens (tertiary/aromatic N) is 6. The Bertz CT molecular complexity index is 1540.